The van der Waals surface area contributed by atoms with Gasteiger partial charge in [0.25, 0.3) is 10.0 Å². The van der Waals surface area contributed by atoms with E-state index in [0.29, 0.717) is 17.8 Å². The fourth-order valence-corrected chi connectivity index (χ4v) is 4.08. The van der Waals surface area contributed by atoms with Crippen molar-refractivity contribution in [2.24, 2.45) is 0 Å². The first-order valence-corrected chi connectivity index (χ1v) is 9.03. The average Bonchev–Trinajstić information content (AvgIpc) is 2.90. The van der Waals surface area contributed by atoms with E-state index < -0.39 is 10.0 Å². The standard InChI is InChI=1S/C18H18N2O3S/c1-13-18(14(2)23-19-13)24(21,22)20-17-11-7-6-10-16(17)12-15-8-4-3-5-9-15/h3-11,20H,12H2,1-2H3. The van der Waals surface area contributed by atoms with Gasteiger partial charge in [-0.3, -0.25) is 4.72 Å². The number of hydrogen-bond acceptors (Lipinski definition) is 4. The number of benzene rings is 2. The summed E-state index contributed by atoms with van der Waals surface area (Å²) >= 11 is 0. The molecule has 0 unspecified atom stereocenters. The number of aryl methyl sites for hydroxylation is 2. The molecule has 1 aromatic heterocycles. The van der Waals surface area contributed by atoms with Crippen molar-refractivity contribution < 1.29 is 12.9 Å². The van der Waals surface area contributed by atoms with Gasteiger partial charge in [-0.15, -0.1) is 0 Å². The van der Waals surface area contributed by atoms with E-state index in [0.717, 1.165) is 11.1 Å². The fourth-order valence-electron chi connectivity index (χ4n) is 2.64. The smallest absolute Gasteiger partial charge is 0.267 e. The van der Waals surface area contributed by atoms with Crippen molar-refractivity contribution in [2.45, 2.75) is 25.2 Å². The highest BCUT2D eigenvalue weighted by Gasteiger charge is 2.24. The van der Waals surface area contributed by atoms with Crippen LogP contribution in [0.15, 0.2) is 64.0 Å². The number of nitrogens with one attached hydrogen (secondary N) is 1. The summed E-state index contributed by atoms with van der Waals surface area (Å²) in [5.41, 5.74) is 2.92. The molecule has 0 fully saturated rings. The van der Waals surface area contributed by atoms with Crippen molar-refractivity contribution in [3.8, 4) is 0 Å². The summed E-state index contributed by atoms with van der Waals surface area (Å²) in [4.78, 5) is 0.0945. The molecule has 1 heterocycles. The van der Waals surface area contributed by atoms with Crippen LogP contribution < -0.4 is 4.72 Å². The number of nitrogens with zero attached hydrogens (tertiary/aromatic N) is 1. The lowest BCUT2D eigenvalue weighted by Crippen LogP contribution is -2.15. The summed E-state index contributed by atoms with van der Waals surface area (Å²) < 4.78 is 33.0. The molecule has 0 radical (unpaired) electrons. The van der Waals surface area contributed by atoms with Gasteiger partial charge in [0.15, 0.2) is 10.7 Å². The molecule has 3 rings (SSSR count). The van der Waals surface area contributed by atoms with E-state index in [4.69, 9.17) is 4.52 Å². The Morgan fingerprint density at radius 3 is 2.33 bits per heavy atom. The van der Waals surface area contributed by atoms with E-state index in [-0.39, 0.29) is 10.7 Å². The van der Waals surface area contributed by atoms with Crippen LogP contribution in [0, 0.1) is 13.8 Å². The maximum Gasteiger partial charge on any atom is 0.267 e. The molecule has 5 nitrogen and oxygen atoms in total. The normalized spacial score (nSPS) is 11.4. The SMILES string of the molecule is Cc1noc(C)c1S(=O)(=O)Nc1ccccc1Cc1ccccc1. The highest BCUT2D eigenvalue weighted by Crippen LogP contribution is 2.25. The molecule has 0 saturated heterocycles. The minimum absolute atomic E-state index is 0.0945. The third-order valence-corrected chi connectivity index (χ3v) is 5.34. The van der Waals surface area contributed by atoms with Crippen LogP contribution in [0.25, 0.3) is 0 Å². The number of aromatic nitrogens is 1. The minimum atomic E-state index is -3.75. The Balaban J connectivity index is 1.94. The Kier molecular flexibility index (Phi) is 4.40. The van der Waals surface area contributed by atoms with E-state index in [9.17, 15) is 8.42 Å². The van der Waals surface area contributed by atoms with Crippen molar-refractivity contribution in [3.63, 3.8) is 0 Å². The number of rotatable bonds is 5. The zero-order chi connectivity index (χ0) is 17.2. The Morgan fingerprint density at radius 1 is 1.00 bits per heavy atom. The zero-order valence-electron chi connectivity index (χ0n) is 13.5. The van der Waals surface area contributed by atoms with Crippen LogP contribution in [-0.4, -0.2) is 13.6 Å². The molecule has 24 heavy (non-hydrogen) atoms. The van der Waals surface area contributed by atoms with Crippen LogP contribution >= 0.6 is 0 Å². The molecule has 0 saturated carbocycles. The molecule has 0 aliphatic rings. The van der Waals surface area contributed by atoms with Gasteiger partial charge in [-0.1, -0.05) is 53.7 Å². The van der Waals surface area contributed by atoms with Crippen molar-refractivity contribution in [2.75, 3.05) is 4.72 Å². The van der Waals surface area contributed by atoms with Crippen molar-refractivity contribution in [3.05, 3.63) is 77.2 Å². The highest BCUT2D eigenvalue weighted by atomic mass is 32.2. The lowest BCUT2D eigenvalue weighted by atomic mass is 10.0. The van der Waals surface area contributed by atoms with E-state index in [1.165, 1.54) is 0 Å². The van der Waals surface area contributed by atoms with Gasteiger partial charge < -0.3 is 4.52 Å². The van der Waals surface area contributed by atoms with Gasteiger partial charge in [0.05, 0.1) is 5.69 Å². The number of anilines is 1. The van der Waals surface area contributed by atoms with Gasteiger partial charge in [-0.2, -0.15) is 0 Å². The Bertz CT molecular complexity index is 928. The molecule has 124 valence electrons. The maximum absolute atomic E-state index is 12.7. The molecule has 0 spiro atoms. The first-order chi connectivity index (χ1) is 11.5. The molecule has 1 N–H and O–H groups in total. The summed E-state index contributed by atoms with van der Waals surface area (Å²) in [6, 6.07) is 17.3. The number of hydrogen-bond donors (Lipinski definition) is 1. The molecule has 0 amide bonds. The Hall–Kier alpha value is -2.60. The highest BCUT2D eigenvalue weighted by molar-refractivity contribution is 7.92. The average molecular weight is 342 g/mol. The Morgan fingerprint density at radius 2 is 1.67 bits per heavy atom. The molecule has 2 aromatic carbocycles. The second-order valence-electron chi connectivity index (χ2n) is 5.58. The van der Waals surface area contributed by atoms with Crippen LogP contribution in [0.3, 0.4) is 0 Å². The first-order valence-electron chi connectivity index (χ1n) is 7.55. The molecule has 3 aromatic rings. The second kappa shape index (κ2) is 6.49. The van der Waals surface area contributed by atoms with Crippen LogP contribution in [-0.2, 0) is 16.4 Å². The Labute approximate surface area is 141 Å². The van der Waals surface area contributed by atoms with Gasteiger partial charge in [0.2, 0.25) is 0 Å². The van der Waals surface area contributed by atoms with Gasteiger partial charge in [-0.25, -0.2) is 8.42 Å². The quantitative estimate of drug-likeness (QED) is 0.767. The van der Waals surface area contributed by atoms with E-state index >= 15 is 0 Å². The predicted octanol–water partition coefficient (Wildman–Crippen LogP) is 3.68. The monoisotopic (exact) mass is 342 g/mol. The molecule has 6 heteroatoms. The first kappa shape index (κ1) is 16.3. The molecule has 0 aliphatic heterocycles. The van der Waals surface area contributed by atoms with Crippen molar-refractivity contribution in [1.82, 2.24) is 5.16 Å². The predicted molar refractivity (Wildman–Crippen MR) is 92.5 cm³/mol. The lowest BCUT2D eigenvalue weighted by Gasteiger charge is -2.12. The van der Waals surface area contributed by atoms with E-state index in [1.54, 1.807) is 26.0 Å². The van der Waals surface area contributed by atoms with Crippen molar-refractivity contribution >= 4 is 15.7 Å². The summed E-state index contributed by atoms with van der Waals surface area (Å²) in [5, 5.41) is 3.72. The van der Waals surface area contributed by atoms with Crippen LogP contribution in [0.1, 0.15) is 22.6 Å². The fraction of sp³-hybridized carbons (Fsp3) is 0.167. The molecule has 0 atom stereocenters. The third kappa shape index (κ3) is 3.33. The summed E-state index contributed by atoms with van der Waals surface area (Å²) in [7, 11) is -3.75. The van der Waals surface area contributed by atoms with Crippen molar-refractivity contribution in [1.29, 1.82) is 0 Å². The summed E-state index contributed by atoms with van der Waals surface area (Å²) in [5.74, 6) is 0.278. The molecular formula is C18H18N2O3S. The summed E-state index contributed by atoms with van der Waals surface area (Å²) in [6.07, 6.45) is 0.640. The van der Waals surface area contributed by atoms with Crippen LogP contribution in [0.4, 0.5) is 5.69 Å². The summed E-state index contributed by atoms with van der Waals surface area (Å²) in [6.45, 7) is 3.20. The number of sulfonamides is 1. The second-order valence-corrected chi connectivity index (χ2v) is 7.20. The van der Waals surface area contributed by atoms with E-state index in [2.05, 4.69) is 9.88 Å². The largest absolute Gasteiger partial charge is 0.360 e. The zero-order valence-corrected chi connectivity index (χ0v) is 14.3. The van der Waals surface area contributed by atoms with Gasteiger partial charge in [0.1, 0.15) is 5.69 Å². The molecule has 0 aliphatic carbocycles. The molecular weight excluding hydrogens is 324 g/mol. The van der Waals surface area contributed by atoms with Gasteiger partial charge in [-0.05, 0) is 37.5 Å². The minimum Gasteiger partial charge on any atom is -0.360 e. The van der Waals surface area contributed by atoms with Crippen LogP contribution in [0.2, 0.25) is 0 Å². The maximum atomic E-state index is 12.7. The topological polar surface area (TPSA) is 72.2 Å². The van der Waals surface area contributed by atoms with Gasteiger partial charge in [0, 0.05) is 0 Å². The number of para-hydroxylation sites is 1. The lowest BCUT2D eigenvalue weighted by molar-refractivity contribution is 0.390. The van der Waals surface area contributed by atoms with E-state index in [1.807, 2.05) is 42.5 Å². The van der Waals surface area contributed by atoms with Crippen LogP contribution in [0.5, 0.6) is 0 Å². The third-order valence-electron chi connectivity index (χ3n) is 3.74. The van der Waals surface area contributed by atoms with Gasteiger partial charge >= 0.3 is 0 Å². The molecule has 0 bridgehead atoms.